The van der Waals surface area contributed by atoms with Crippen LogP contribution >= 0.6 is 11.8 Å². The van der Waals surface area contributed by atoms with Crippen molar-refractivity contribution in [3.05, 3.63) is 53.1 Å². The van der Waals surface area contributed by atoms with Crippen molar-refractivity contribution in [3.63, 3.8) is 0 Å². The summed E-state index contributed by atoms with van der Waals surface area (Å²) < 4.78 is 19.2. The van der Waals surface area contributed by atoms with Crippen LogP contribution in [0.5, 0.6) is 5.75 Å². The van der Waals surface area contributed by atoms with E-state index in [2.05, 4.69) is 20.2 Å². The van der Waals surface area contributed by atoms with Crippen LogP contribution in [0.25, 0.3) is 11.4 Å². The standard InChI is InChI=1S/C17H17FN4OS/c1-10-8-19-14(11(2)15(10)23-3)9-24-17-20-16(21-22-17)12-6-4-5-7-13(12)18/h4-8H,9H2,1-3H3,(H,20,21,22). The summed E-state index contributed by atoms with van der Waals surface area (Å²) in [7, 11) is 1.65. The third-order valence-electron chi connectivity index (χ3n) is 3.68. The van der Waals surface area contributed by atoms with Gasteiger partial charge in [0.2, 0.25) is 5.16 Å². The van der Waals surface area contributed by atoms with Gasteiger partial charge in [-0.2, -0.15) is 0 Å². The number of H-pyrrole nitrogens is 1. The van der Waals surface area contributed by atoms with Crippen LogP contribution in [-0.2, 0) is 5.75 Å². The predicted octanol–water partition coefficient (Wildman–Crippen LogP) is 3.92. The lowest BCUT2D eigenvalue weighted by Crippen LogP contribution is -1.98. The summed E-state index contributed by atoms with van der Waals surface area (Å²) in [6.45, 7) is 3.95. The molecule has 0 aliphatic heterocycles. The summed E-state index contributed by atoms with van der Waals surface area (Å²) in [6, 6.07) is 6.47. The van der Waals surface area contributed by atoms with Crippen LogP contribution in [-0.4, -0.2) is 27.3 Å². The van der Waals surface area contributed by atoms with Crippen LogP contribution in [0, 0.1) is 19.7 Å². The van der Waals surface area contributed by atoms with E-state index in [-0.39, 0.29) is 5.82 Å². The van der Waals surface area contributed by atoms with E-state index in [9.17, 15) is 4.39 Å². The average Bonchev–Trinajstić information content (AvgIpc) is 3.04. The molecule has 0 bridgehead atoms. The highest BCUT2D eigenvalue weighted by molar-refractivity contribution is 7.98. The van der Waals surface area contributed by atoms with Crippen LogP contribution in [0.3, 0.4) is 0 Å². The Morgan fingerprint density at radius 2 is 2.04 bits per heavy atom. The number of aromatic nitrogens is 4. The number of hydrogen-bond donors (Lipinski definition) is 1. The Balaban J connectivity index is 1.76. The van der Waals surface area contributed by atoms with E-state index in [1.165, 1.54) is 17.8 Å². The van der Waals surface area contributed by atoms with Crippen molar-refractivity contribution in [2.45, 2.75) is 24.8 Å². The van der Waals surface area contributed by atoms with Gasteiger partial charge in [0.25, 0.3) is 0 Å². The SMILES string of the molecule is COc1c(C)cnc(CSc2n[nH]c(-c3ccccc3F)n2)c1C. The molecule has 3 rings (SSSR count). The van der Waals surface area contributed by atoms with Crippen molar-refractivity contribution in [1.82, 2.24) is 20.2 Å². The lowest BCUT2D eigenvalue weighted by molar-refractivity contribution is 0.407. The number of hydrogen-bond acceptors (Lipinski definition) is 5. The van der Waals surface area contributed by atoms with Gasteiger partial charge in [-0.3, -0.25) is 10.1 Å². The van der Waals surface area contributed by atoms with Crippen LogP contribution < -0.4 is 4.74 Å². The molecular weight excluding hydrogens is 327 g/mol. The molecule has 1 aromatic carbocycles. The number of thioether (sulfide) groups is 1. The number of aryl methyl sites for hydroxylation is 1. The van der Waals surface area contributed by atoms with Gasteiger partial charge in [0.1, 0.15) is 11.6 Å². The Kier molecular flexibility index (Phi) is 4.80. The lowest BCUT2D eigenvalue weighted by atomic mass is 10.1. The topological polar surface area (TPSA) is 63.7 Å². The van der Waals surface area contributed by atoms with Crippen molar-refractivity contribution in [2.24, 2.45) is 0 Å². The average molecular weight is 344 g/mol. The van der Waals surface area contributed by atoms with Gasteiger partial charge in [0.05, 0.1) is 18.4 Å². The van der Waals surface area contributed by atoms with Gasteiger partial charge in [0.15, 0.2) is 5.82 Å². The molecule has 1 N–H and O–H groups in total. The van der Waals surface area contributed by atoms with Crippen LogP contribution in [0.15, 0.2) is 35.6 Å². The molecule has 0 atom stereocenters. The summed E-state index contributed by atoms with van der Waals surface area (Å²) in [6.07, 6.45) is 1.80. The molecule has 0 spiro atoms. The quantitative estimate of drug-likeness (QED) is 0.711. The first-order valence-electron chi connectivity index (χ1n) is 7.39. The summed E-state index contributed by atoms with van der Waals surface area (Å²) in [4.78, 5) is 8.80. The van der Waals surface area contributed by atoms with Crippen molar-refractivity contribution < 1.29 is 9.13 Å². The second-order valence-corrected chi connectivity index (χ2v) is 6.22. The summed E-state index contributed by atoms with van der Waals surface area (Å²) >= 11 is 1.44. The van der Waals surface area contributed by atoms with E-state index in [0.29, 0.717) is 22.3 Å². The maximum Gasteiger partial charge on any atom is 0.209 e. The van der Waals surface area contributed by atoms with E-state index in [0.717, 1.165) is 22.6 Å². The zero-order valence-corrected chi connectivity index (χ0v) is 14.4. The Labute approximate surface area is 143 Å². The monoisotopic (exact) mass is 344 g/mol. The van der Waals surface area contributed by atoms with E-state index in [1.54, 1.807) is 31.5 Å². The number of aromatic amines is 1. The van der Waals surface area contributed by atoms with Crippen LogP contribution in [0.2, 0.25) is 0 Å². The van der Waals surface area contributed by atoms with Gasteiger partial charge in [-0.1, -0.05) is 23.9 Å². The summed E-state index contributed by atoms with van der Waals surface area (Å²) in [5.74, 6) is 1.55. The first kappa shape index (κ1) is 16.4. The molecular formula is C17H17FN4OS. The smallest absolute Gasteiger partial charge is 0.209 e. The first-order chi connectivity index (χ1) is 11.6. The van der Waals surface area contributed by atoms with Crippen molar-refractivity contribution in [1.29, 1.82) is 0 Å². The second kappa shape index (κ2) is 7.00. The zero-order valence-electron chi connectivity index (χ0n) is 13.6. The maximum atomic E-state index is 13.8. The number of rotatable bonds is 5. The molecule has 0 radical (unpaired) electrons. The Morgan fingerprint density at radius 3 is 2.79 bits per heavy atom. The van der Waals surface area contributed by atoms with Gasteiger partial charge in [-0.25, -0.2) is 9.37 Å². The molecule has 7 heteroatoms. The number of pyridine rings is 1. The maximum absolute atomic E-state index is 13.8. The lowest BCUT2D eigenvalue weighted by Gasteiger charge is -2.11. The molecule has 2 aromatic heterocycles. The fraction of sp³-hybridized carbons (Fsp3) is 0.235. The molecule has 0 aliphatic rings. The van der Waals surface area contributed by atoms with Crippen molar-refractivity contribution in [3.8, 4) is 17.1 Å². The van der Waals surface area contributed by atoms with E-state index in [1.807, 2.05) is 13.8 Å². The number of halogens is 1. The molecule has 0 saturated carbocycles. The summed E-state index contributed by atoms with van der Waals surface area (Å²) in [5, 5.41) is 7.47. The molecule has 3 aromatic rings. The molecule has 5 nitrogen and oxygen atoms in total. The van der Waals surface area contributed by atoms with Gasteiger partial charge in [-0.15, -0.1) is 5.10 Å². The highest BCUT2D eigenvalue weighted by atomic mass is 32.2. The predicted molar refractivity (Wildman–Crippen MR) is 91.6 cm³/mol. The minimum absolute atomic E-state index is 0.328. The normalized spacial score (nSPS) is 10.8. The molecule has 0 saturated heterocycles. The number of methoxy groups -OCH3 is 1. The molecule has 0 unspecified atom stereocenters. The number of nitrogens with one attached hydrogen (secondary N) is 1. The van der Waals surface area contributed by atoms with Crippen molar-refractivity contribution >= 4 is 11.8 Å². The second-order valence-electron chi connectivity index (χ2n) is 5.28. The molecule has 24 heavy (non-hydrogen) atoms. The Hall–Kier alpha value is -2.41. The summed E-state index contributed by atoms with van der Waals surface area (Å²) in [5.41, 5.74) is 3.33. The van der Waals surface area contributed by atoms with Crippen LogP contribution in [0.1, 0.15) is 16.8 Å². The minimum Gasteiger partial charge on any atom is -0.496 e. The van der Waals surface area contributed by atoms with Crippen molar-refractivity contribution in [2.75, 3.05) is 7.11 Å². The number of ether oxygens (including phenoxy) is 1. The van der Waals surface area contributed by atoms with E-state index >= 15 is 0 Å². The minimum atomic E-state index is -0.328. The van der Waals surface area contributed by atoms with E-state index < -0.39 is 0 Å². The van der Waals surface area contributed by atoms with Crippen LogP contribution in [0.4, 0.5) is 4.39 Å². The fourth-order valence-corrected chi connectivity index (χ4v) is 3.26. The van der Waals surface area contributed by atoms with Gasteiger partial charge >= 0.3 is 0 Å². The third kappa shape index (κ3) is 3.26. The zero-order chi connectivity index (χ0) is 17.1. The fourth-order valence-electron chi connectivity index (χ4n) is 2.43. The third-order valence-corrected chi connectivity index (χ3v) is 4.54. The molecule has 0 aliphatic carbocycles. The van der Waals surface area contributed by atoms with Gasteiger partial charge in [-0.05, 0) is 26.0 Å². The number of benzene rings is 1. The largest absolute Gasteiger partial charge is 0.496 e. The molecule has 124 valence electrons. The van der Waals surface area contributed by atoms with Gasteiger partial charge < -0.3 is 4.74 Å². The Bertz CT molecular complexity index is 866. The van der Waals surface area contributed by atoms with E-state index in [4.69, 9.17) is 4.74 Å². The number of nitrogens with zero attached hydrogens (tertiary/aromatic N) is 3. The highest BCUT2D eigenvalue weighted by Crippen LogP contribution is 2.28. The molecule has 0 fully saturated rings. The molecule has 2 heterocycles. The Morgan fingerprint density at radius 1 is 1.25 bits per heavy atom. The molecule has 0 amide bonds. The van der Waals surface area contributed by atoms with Gasteiger partial charge in [0, 0.05) is 23.1 Å². The highest BCUT2D eigenvalue weighted by Gasteiger charge is 2.13. The first-order valence-corrected chi connectivity index (χ1v) is 8.38.